The maximum Gasteiger partial charge on any atom is 0.262 e. The van der Waals surface area contributed by atoms with Crippen LogP contribution in [0.3, 0.4) is 0 Å². The Labute approximate surface area is 131 Å². The number of sulfonamides is 1. The van der Waals surface area contributed by atoms with Gasteiger partial charge in [-0.1, -0.05) is 13.8 Å². The van der Waals surface area contributed by atoms with E-state index in [1.807, 2.05) is 4.57 Å². The summed E-state index contributed by atoms with van der Waals surface area (Å²) in [4.78, 5) is 4.12. The lowest BCUT2D eigenvalue weighted by Gasteiger charge is -2.41. The highest BCUT2D eigenvalue weighted by molar-refractivity contribution is 7.89. The van der Waals surface area contributed by atoms with Gasteiger partial charge in [0.1, 0.15) is 0 Å². The van der Waals surface area contributed by atoms with Crippen molar-refractivity contribution >= 4 is 10.0 Å². The van der Waals surface area contributed by atoms with Gasteiger partial charge in [-0.05, 0) is 12.3 Å². The molecule has 2 fully saturated rings. The first-order valence-electron chi connectivity index (χ1n) is 7.64. The van der Waals surface area contributed by atoms with Crippen LogP contribution in [0.2, 0.25) is 0 Å². The van der Waals surface area contributed by atoms with Gasteiger partial charge in [0.2, 0.25) is 0 Å². The zero-order valence-corrected chi connectivity index (χ0v) is 13.9. The average Bonchev–Trinajstić information content (AvgIpc) is 3.09. The van der Waals surface area contributed by atoms with E-state index in [0.29, 0.717) is 45.3 Å². The fourth-order valence-corrected chi connectivity index (χ4v) is 4.80. The van der Waals surface area contributed by atoms with E-state index < -0.39 is 15.6 Å². The van der Waals surface area contributed by atoms with Crippen molar-refractivity contribution < 1.29 is 17.9 Å². The average molecular weight is 329 g/mol. The van der Waals surface area contributed by atoms with Gasteiger partial charge in [0.05, 0.1) is 31.7 Å². The van der Waals surface area contributed by atoms with E-state index in [4.69, 9.17) is 9.47 Å². The van der Waals surface area contributed by atoms with Crippen molar-refractivity contribution in [1.29, 1.82) is 0 Å². The van der Waals surface area contributed by atoms with Gasteiger partial charge in [-0.3, -0.25) is 0 Å². The van der Waals surface area contributed by atoms with Crippen molar-refractivity contribution in [3.63, 3.8) is 0 Å². The molecule has 3 heterocycles. The molecule has 3 rings (SSSR count). The van der Waals surface area contributed by atoms with Crippen LogP contribution >= 0.6 is 0 Å². The highest BCUT2D eigenvalue weighted by atomic mass is 32.2. The highest BCUT2D eigenvalue weighted by Gasteiger charge is 2.49. The molecule has 1 aromatic rings. The number of morpholine rings is 1. The fraction of sp³-hybridized carbons (Fsp3) is 0.786. The molecule has 2 aliphatic rings. The molecule has 2 saturated heterocycles. The van der Waals surface area contributed by atoms with E-state index in [9.17, 15) is 8.42 Å². The quantitative estimate of drug-likeness (QED) is 0.814. The maximum atomic E-state index is 13.0. The SMILES string of the molecule is CC(C)Cn1cnc(S(=O)(=O)N2CCOCC23CCOC3)c1. The number of imidazole rings is 1. The van der Waals surface area contributed by atoms with Crippen molar-refractivity contribution in [3.8, 4) is 0 Å². The molecule has 0 radical (unpaired) electrons. The van der Waals surface area contributed by atoms with Crippen molar-refractivity contribution in [3.05, 3.63) is 12.5 Å². The Balaban J connectivity index is 1.89. The van der Waals surface area contributed by atoms with Gasteiger partial charge in [-0.25, -0.2) is 13.4 Å². The summed E-state index contributed by atoms with van der Waals surface area (Å²) >= 11 is 0. The summed E-state index contributed by atoms with van der Waals surface area (Å²) in [7, 11) is -3.63. The molecule has 0 N–H and O–H groups in total. The second kappa shape index (κ2) is 5.92. The van der Waals surface area contributed by atoms with Crippen molar-refractivity contribution in [2.45, 2.75) is 37.4 Å². The summed E-state index contributed by atoms with van der Waals surface area (Å²) in [6, 6.07) is 0. The van der Waals surface area contributed by atoms with Crippen LogP contribution in [0, 0.1) is 5.92 Å². The van der Waals surface area contributed by atoms with Gasteiger partial charge in [-0.15, -0.1) is 0 Å². The molecule has 0 bridgehead atoms. The Morgan fingerprint density at radius 1 is 1.32 bits per heavy atom. The molecule has 1 spiro atoms. The predicted octanol–water partition coefficient (Wildman–Crippen LogP) is 0.719. The minimum absolute atomic E-state index is 0.112. The molecule has 0 saturated carbocycles. The zero-order valence-electron chi connectivity index (χ0n) is 13.1. The van der Waals surface area contributed by atoms with Crippen LogP contribution < -0.4 is 0 Å². The van der Waals surface area contributed by atoms with Crippen molar-refractivity contribution in [1.82, 2.24) is 13.9 Å². The van der Waals surface area contributed by atoms with Gasteiger partial charge >= 0.3 is 0 Å². The Kier molecular flexibility index (Phi) is 4.28. The monoisotopic (exact) mass is 329 g/mol. The molecule has 7 nitrogen and oxygen atoms in total. The van der Waals surface area contributed by atoms with Crippen LogP contribution in [0.25, 0.3) is 0 Å². The first kappa shape index (κ1) is 15.9. The summed E-state index contributed by atoms with van der Waals surface area (Å²) in [5, 5.41) is 0.112. The van der Waals surface area contributed by atoms with Crippen molar-refractivity contribution in [2.24, 2.45) is 5.92 Å². The number of hydrogen-bond donors (Lipinski definition) is 0. The largest absolute Gasteiger partial charge is 0.379 e. The molecule has 1 unspecified atom stereocenters. The van der Waals surface area contributed by atoms with Crippen LogP contribution in [-0.2, 0) is 26.0 Å². The highest BCUT2D eigenvalue weighted by Crippen LogP contribution is 2.33. The Morgan fingerprint density at radius 3 is 2.68 bits per heavy atom. The lowest BCUT2D eigenvalue weighted by atomic mass is 9.99. The number of aromatic nitrogens is 2. The predicted molar refractivity (Wildman–Crippen MR) is 79.9 cm³/mol. The number of hydrogen-bond acceptors (Lipinski definition) is 5. The normalized spacial score (nSPS) is 27.0. The molecular formula is C14H23N3O4S. The van der Waals surface area contributed by atoms with Crippen LogP contribution in [0.4, 0.5) is 0 Å². The number of nitrogens with zero attached hydrogens (tertiary/aromatic N) is 3. The second-order valence-electron chi connectivity index (χ2n) is 6.46. The molecule has 8 heteroatoms. The van der Waals surface area contributed by atoms with Crippen LogP contribution in [0.15, 0.2) is 17.6 Å². The summed E-state index contributed by atoms with van der Waals surface area (Å²) < 4.78 is 40.3. The Morgan fingerprint density at radius 2 is 2.05 bits per heavy atom. The summed E-state index contributed by atoms with van der Waals surface area (Å²) in [5.41, 5.74) is -0.571. The topological polar surface area (TPSA) is 73.7 Å². The van der Waals surface area contributed by atoms with Crippen LogP contribution in [0.5, 0.6) is 0 Å². The molecule has 124 valence electrons. The molecule has 0 amide bonds. The number of ether oxygens (including phenoxy) is 2. The first-order valence-corrected chi connectivity index (χ1v) is 9.08. The maximum absolute atomic E-state index is 13.0. The minimum Gasteiger partial charge on any atom is -0.379 e. The van der Waals surface area contributed by atoms with Gasteiger partial charge in [-0.2, -0.15) is 4.31 Å². The summed E-state index contributed by atoms with van der Waals surface area (Å²) in [6.45, 7) is 7.02. The standard InChI is InChI=1S/C14H23N3O4S/c1-12(2)7-16-8-13(15-11-16)22(18,19)17-4-6-21-10-14(17)3-5-20-9-14/h8,11-12H,3-7,9-10H2,1-2H3. The zero-order chi connectivity index (χ0) is 15.8. The molecule has 0 aromatic carbocycles. The third kappa shape index (κ3) is 2.80. The smallest absolute Gasteiger partial charge is 0.262 e. The third-order valence-corrected chi connectivity index (χ3v) is 6.05. The summed E-state index contributed by atoms with van der Waals surface area (Å²) in [5.74, 6) is 0.433. The molecule has 1 atom stereocenters. The van der Waals surface area contributed by atoms with Gasteiger partial charge in [0.25, 0.3) is 10.0 Å². The Bertz CT molecular complexity index is 620. The van der Waals surface area contributed by atoms with Crippen LogP contribution in [0.1, 0.15) is 20.3 Å². The third-order valence-electron chi connectivity index (χ3n) is 4.16. The Hall–Kier alpha value is -0.960. The van der Waals surface area contributed by atoms with E-state index in [1.54, 1.807) is 16.8 Å². The molecule has 1 aromatic heterocycles. The molecule has 22 heavy (non-hydrogen) atoms. The second-order valence-corrected chi connectivity index (χ2v) is 8.27. The molecular weight excluding hydrogens is 306 g/mol. The molecule has 0 aliphatic carbocycles. The van der Waals surface area contributed by atoms with Crippen molar-refractivity contribution in [2.75, 3.05) is 33.0 Å². The van der Waals surface area contributed by atoms with E-state index in [2.05, 4.69) is 18.8 Å². The van der Waals surface area contributed by atoms with Gasteiger partial charge in [0.15, 0.2) is 5.03 Å². The lowest BCUT2D eigenvalue weighted by molar-refractivity contribution is -0.0294. The van der Waals surface area contributed by atoms with E-state index in [1.165, 1.54) is 0 Å². The van der Waals surface area contributed by atoms with Gasteiger partial charge in [0, 0.05) is 25.9 Å². The fourth-order valence-electron chi connectivity index (χ4n) is 3.11. The lowest BCUT2D eigenvalue weighted by Crippen LogP contribution is -2.59. The minimum atomic E-state index is -3.63. The molecule has 2 aliphatic heterocycles. The van der Waals surface area contributed by atoms with Gasteiger partial charge < -0.3 is 14.0 Å². The number of rotatable bonds is 4. The summed E-state index contributed by atoms with van der Waals surface area (Å²) in [6.07, 6.45) is 3.87. The van der Waals surface area contributed by atoms with Crippen LogP contribution in [-0.4, -0.2) is 60.8 Å². The first-order chi connectivity index (χ1) is 10.4. The van der Waals surface area contributed by atoms with E-state index >= 15 is 0 Å². The van der Waals surface area contributed by atoms with E-state index in [-0.39, 0.29) is 5.03 Å². The van der Waals surface area contributed by atoms with E-state index in [0.717, 1.165) is 6.54 Å².